The number of carbonyl (C=O) groups excluding carboxylic acids is 1. The topological polar surface area (TPSA) is 44.8 Å². The maximum Gasteiger partial charge on any atom is 0.251 e. The third-order valence-corrected chi connectivity index (χ3v) is 7.39. The monoisotopic (exact) mass is 519 g/mol. The van der Waals surface area contributed by atoms with Crippen LogP contribution in [0.5, 0.6) is 5.75 Å². The lowest BCUT2D eigenvalue weighted by molar-refractivity contribution is 0.0946. The number of likely N-dealkylation sites (N-methyl/N-ethyl adjacent to an activating group) is 1. The van der Waals surface area contributed by atoms with Crippen molar-refractivity contribution < 1.29 is 9.53 Å². The zero-order valence-electron chi connectivity index (χ0n) is 22.0. The van der Waals surface area contributed by atoms with Crippen molar-refractivity contribution in [1.82, 2.24) is 15.1 Å². The molecule has 0 aromatic heterocycles. The number of rotatable bonds is 11. The first-order valence-corrected chi connectivity index (χ1v) is 13.8. The van der Waals surface area contributed by atoms with Crippen LogP contribution < -0.4 is 10.1 Å². The molecule has 3 aromatic carbocycles. The van der Waals surface area contributed by atoms with Crippen molar-refractivity contribution in [3.05, 3.63) is 88.9 Å². The van der Waals surface area contributed by atoms with Crippen molar-refractivity contribution in [3.63, 3.8) is 0 Å². The highest BCUT2D eigenvalue weighted by molar-refractivity contribution is 6.32. The van der Waals surface area contributed by atoms with Crippen molar-refractivity contribution in [2.75, 3.05) is 39.3 Å². The first-order valence-electron chi connectivity index (χ1n) is 13.4. The van der Waals surface area contributed by atoms with Crippen LogP contribution in [-0.2, 0) is 6.54 Å². The van der Waals surface area contributed by atoms with Crippen LogP contribution in [0.3, 0.4) is 0 Å². The van der Waals surface area contributed by atoms with Gasteiger partial charge in [-0.25, -0.2) is 0 Å². The molecular weight excluding hydrogens is 482 g/mol. The lowest BCUT2D eigenvalue weighted by Gasteiger charge is -2.32. The SMILES string of the molecule is CCN(CC)CCNC(=O)c1ccc(OC2CCN(Cc3ccc(-c4ccccc4)cc3)CC2)c(Cl)c1. The Bertz CT molecular complexity index is 1120. The largest absolute Gasteiger partial charge is 0.489 e. The van der Waals surface area contributed by atoms with Crippen LogP contribution in [0.4, 0.5) is 0 Å². The summed E-state index contributed by atoms with van der Waals surface area (Å²) in [7, 11) is 0. The highest BCUT2D eigenvalue weighted by atomic mass is 35.5. The van der Waals surface area contributed by atoms with Crippen LogP contribution >= 0.6 is 11.6 Å². The molecule has 37 heavy (non-hydrogen) atoms. The zero-order chi connectivity index (χ0) is 26.0. The van der Waals surface area contributed by atoms with Crippen LogP contribution in [0.25, 0.3) is 11.1 Å². The molecule has 4 rings (SSSR count). The molecule has 196 valence electrons. The lowest BCUT2D eigenvalue weighted by atomic mass is 10.0. The van der Waals surface area contributed by atoms with Gasteiger partial charge < -0.3 is 15.0 Å². The number of halogens is 1. The van der Waals surface area contributed by atoms with Crippen molar-refractivity contribution >= 4 is 17.5 Å². The normalized spacial score (nSPS) is 14.6. The number of carbonyl (C=O) groups is 1. The van der Waals surface area contributed by atoms with Crippen LogP contribution in [0.15, 0.2) is 72.8 Å². The molecule has 1 fully saturated rings. The van der Waals surface area contributed by atoms with E-state index in [0.717, 1.165) is 52.1 Å². The van der Waals surface area contributed by atoms with E-state index in [9.17, 15) is 4.79 Å². The lowest BCUT2D eigenvalue weighted by Crippen LogP contribution is -2.37. The summed E-state index contributed by atoms with van der Waals surface area (Å²) >= 11 is 6.49. The Hall–Kier alpha value is -2.86. The smallest absolute Gasteiger partial charge is 0.251 e. The van der Waals surface area contributed by atoms with Gasteiger partial charge in [0, 0.05) is 38.3 Å². The van der Waals surface area contributed by atoms with Crippen molar-refractivity contribution in [2.24, 2.45) is 0 Å². The van der Waals surface area contributed by atoms with Gasteiger partial charge in [-0.15, -0.1) is 0 Å². The van der Waals surface area contributed by atoms with E-state index in [0.29, 0.717) is 22.9 Å². The molecule has 1 amide bonds. The summed E-state index contributed by atoms with van der Waals surface area (Å²) in [6, 6.07) is 24.7. The molecule has 0 aliphatic carbocycles. The summed E-state index contributed by atoms with van der Waals surface area (Å²) in [5, 5.41) is 3.46. The molecule has 0 bridgehead atoms. The van der Waals surface area contributed by atoms with Gasteiger partial charge in [0.25, 0.3) is 5.91 Å². The summed E-state index contributed by atoms with van der Waals surface area (Å²) in [6.45, 7) is 10.6. The fraction of sp³-hybridized carbons (Fsp3) is 0.387. The predicted molar refractivity (Wildman–Crippen MR) is 152 cm³/mol. The van der Waals surface area contributed by atoms with Gasteiger partial charge in [0.1, 0.15) is 11.9 Å². The highest BCUT2D eigenvalue weighted by Crippen LogP contribution is 2.29. The molecule has 1 N–H and O–H groups in total. The number of nitrogens with zero attached hydrogens (tertiary/aromatic N) is 2. The maximum atomic E-state index is 12.5. The molecular formula is C31H38ClN3O2. The molecule has 0 radical (unpaired) electrons. The Morgan fingerprint density at radius 2 is 1.65 bits per heavy atom. The summed E-state index contributed by atoms with van der Waals surface area (Å²) in [4.78, 5) is 17.3. The number of hydrogen-bond donors (Lipinski definition) is 1. The Morgan fingerprint density at radius 1 is 0.973 bits per heavy atom. The van der Waals surface area contributed by atoms with Crippen molar-refractivity contribution in [2.45, 2.75) is 39.3 Å². The first kappa shape index (κ1) is 27.2. The number of nitrogens with one attached hydrogen (secondary N) is 1. The molecule has 1 aliphatic heterocycles. The van der Waals surface area contributed by atoms with E-state index >= 15 is 0 Å². The minimum atomic E-state index is -0.106. The fourth-order valence-corrected chi connectivity index (χ4v) is 4.99. The summed E-state index contributed by atoms with van der Waals surface area (Å²) in [5.74, 6) is 0.544. The molecule has 5 nitrogen and oxygen atoms in total. The summed E-state index contributed by atoms with van der Waals surface area (Å²) in [5.41, 5.74) is 4.38. The number of amides is 1. The predicted octanol–water partition coefficient (Wildman–Crippen LogP) is 6.12. The van der Waals surface area contributed by atoms with E-state index in [2.05, 4.69) is 77.5 Å². The van der Waals surface area contributed by atoms with Gasteiger partial charge in [-0.3, -0.25) is 9.69 Å². The van der Waals surface area contributed by atoms with Crippen LogP contribution in [0.1, 0.15) is 42.6 Å². The van der Waals surface area contributed by atoms with Crippen LogP contribution in [0, 0.1) is 0 Å². The summed E-state index contributed by atoms with van der Waals surface area (Å²) < 4.78 is 6.23. The Morgan fingerprint density at radius 3 is 2.30 bits per heavy atom. The summed E-state index contributed by atoms with van der Waals surface area (Å²) in [6.07, 6.45) is 2.03. The van der Waals surface area contributed by atoms with E-state index < -0.39 is 0 Å². The highest BCUT2D eigenvalue weighted by Gasteiger charge is 2.22. The second-order valence-corrected chi connectivity index (χ2v) is 9.99. The molecule has 0 atom stereocenters. The van der Waals surface area contributed by atoms with Crippen LogP contribution in [0.2, 0.25) is 5.02 Å². The number of benzene rings is 3. The first-order chi connectivity index (χ1) is 18.1. The fourth-order valence-electron chi connectivity index (χ4n) is 4.76. The van der Waals surface area contributed by atoms with Gasteiger partial charge >= 0.3 is 0 Å². The van der Waals surface area contributed by atoms with Crippen LogP contribution in [-0.4, -0.2) is 61.1 Å². The quantitative estimate of drug-likeness (QED) is 0.331. The minimum Gasteiger partial charge on any atom is -0.489 e. The standard InChI is InChI=1S/C31H38ClN3O2/c1-3-34(4-2)21-18-33-31(36)27-14-15-30(29(32)22-27)37-28-16-19-35(20-17-28)23-24-10-12-26(13-11-24)25-8-6-5-7-9-25/h5-15,22,28H,3-4,16-21,23H2,1-2H3,(H,33,36). The van der Waals surface area contributed by atoms with Crippen molar-refractivity contribution in [3.8, 4) is 16.9 Å². The Balaban J connectivity index is 1.22. The molecule has 3 aromatic rings. The van der Waals surface area contributed by atoms with Gasteiger partial charge in [-0.2, -0.15) is 0 Å². The third kappa shape index (κ3) is 7.81. The third-order valence-electron chi connectivity index (χ3n) is 7.10. The molecule has 0 saturated carbocycles. The molecule has 1 saturated heterocycles. The average molecular weight is 520 g/mol. The van der Waals surface area contributed by atoms with Crippen molar-refractivity contribution in [1.29, 1.82) is 0 Å². The Kier molecular flexibility index (Phi) is 10.0. The van der Waals surface area contributed by atoms with E-state index in [1.807, 2.05) is 12.1 Å². The zero-order valence-corrected chi connectivity index (χ0v) is 22.7. The molecule has 6 heteroatoms. The molecule has 0 unspecified atom stereocenters. The van der Waals surface area contributed by atoms with Gasteiger partial charge in [-0.1, -0.05) is 80.0 Å². The van der Waals surface area contributed by atoms with E-state index in [1.54, 1.807) is 12.1 Å². The maximum absolute atomic E-state index is 12.5. The molecule has 0 spiro atoms. The van der Waals surface area contributed by atoms with Gasteiger partial charge in [0.15, 0.2) is 0 Å². The van der Waals surface area contributed by atoms with E-state index in [1.165, 1.54) is 16.7 Å². The van der Waals surface area contributed by atoms with E-state index in [-0.39, 0.29) is 12.0 Å². The Labute approximate surface area is 226 Å². The number of piperidine rings is 1. The second-order valence-electron chi connectivity index (χ2n) is 9.58. The van der Waals surface area contributed by atoms with Gasteiger partial charge in [0.05, 0.1) is 5.02 Å². The molecule has 1 aliphatic rings. The second kappa shape index (κ2) is 13.6. The number of hydrogen-bond acceptors (Lipinski definition) is 4. The number of likely N-dealkylation sites (tertiary alicyclic amines) is 1. The van der Waals surface area contributed by atoms with Gasteiger partial charge in [0.2, 0.25) is 0 Å². The number of ether oxygens (including phenoxy) is 1. The minimum absolute atomic E-state index is 0.106. The molecule has 1 heterocycles. The average Bonchev–Trinajstić information content (AvgIpc) is 2.94. The van der Waals surface area contributed by atoms with Gasteiger partial charge in [-0.05, 0) is 60.8 Å². The van der Waals surface area contributed by atoms with E-state index in [4.69, 9.17) is 16.3 Å².